The minimum absolute atomic E-state index is 0.211. The summed E-state index contributed by atoms with van der Waals surface area (Å²) in [5.41, 5.74) is 0. The first-order chi connectivity index (χ1) is 7.15. The van der Waals surface area contributed by atoms with Crippen molar-refractivity contribution in [1.82, 2.24) is 13.3 Å². The van der Waals surface area contributed by atoms with Crippen LogP contribution < -0.4 is 10.6 Å². The van der Waals surface area contributed by atoms with E-state index in [1.165, 1.54) is 0 Å². The lowest BCUT2D eigenvalue weighted by atomic mass is 10.1. The lowest BCUT2D eigenvalue weighted by Crippen LogP contribution is -2.47. The third kappa shape index (κ3) is 2.46. The Morgan fingerprint density at radius 1 is 1.60 bits per heavy atom. The second-order valence-corrected chi connectivity index (χ2v) is 4.23. The van der Waals surface area contributed by atoms with Crippen molar-refractivity contribution in [3.63, 3.8) is 0 Å². The molecule has 1 fully saturated rings. The van der Waals surface area contributed by atoms with Gasteiger partial charge in [0.15, 0.2) is 0 Å². The van der Waals surface area contributed by atoms with E-state index in [4.69, 9.17) is 0 Å². The van der Waals surface area contributed by atoms with Gasteiger partial charge >= 0.3 is 0 Å². The molecule has 80 valence electrons. The van der Waals surface area contributed by atoms with Gasteiger partial charge in [-0.1, -0.05) is 0 Å². The van der Waals surface area contributed by atoms with Crippen molar-refractivity contribution in [3.05, 3.63) is 12.3 Å². The summed E-state index contributed by atoms with van der Waals surface area (Å²) < 4.78 is 1.62. The number of carbonyl (C=O) groups excluding carboxylic acids is 2. The summed E-state index contributed by atoms with van der Waals surface area (Å²) in [6.45, 7) is 0. The fourth-order valence-electron chi connectivity index (χ4n) is 1.39. The van der Waals surface area contributed by atoms with E-state index >= 15 is 0 Å². The molecular formula is C8H9IN4O2. The van der Waals surface area contributed by atoms with Crippen LogP contribution in [0.25, 0.3) is 0 Å². The normalized spacial score (nSPS) is 21.3. The molecule has 0 aromatic carbocycles. The Morgan fingerprint density at radius 3 is 3.00 bits per heavy atom. The molecule has 1 aliphatic heterocycles. The summed E-state index contributed by atoms with van der Waals surface area (Å²) >= 11 is 2.01. The number of hydrogen-bond donors (Lipinski definition) is 2. The zero-order valence-electron chi connectivity index (χ0n) is 7.74. The summed E-state index contributed by atoms with van der Waals surface area (Å²) in [5.74, 6) is 0.144. The second-order valence-electron chi connectivity index (χ2n) is 3.24. The quantitative estimate of drug-likeness (QED) is 0.607. The fraction of sp³-hybridized carbons (Fsp3) is 0.375. The standard InChI is InChI=1S/C8H9IN4O2/c9-13-4-3-6(12-13)10-5-1-2-7(14)11-8(5)15/h3-5H,1-2H2,(H,10,12)(H,11,14,15). The molecule has 2 N–H and O–H groups in total. The van der Waals surface area contributed by atoms with Gasteiger partial charge in [-0.3, -0.25) is 14.9 Å². The van der Waals surface area contributed by atoms with E-state index < -0.39 is 0 Å². The van der Waals surface area contributed by atoms with Gasteiger partial charge in [-0.25, -0.2) is 2.90 Å². The molecule has 6 nitrogen and oxygen atoms in total. The van der Waals surface area contributed by atoms with Crippen LogP contribution in [-0.2, 0) is 9.59 Å². The van der Waals surface area contributed by atoms with Crippen molar-refractivity contribution >= 4 is 40.5 Å². The van der Waals surface area contributed by atoms with Gasteiger partial charge in [-0.15, -0.1) is 5.10 Å². The minimum Gasteiger partial charge on any atom is -0.357 e. The highest BCUT2D eigenvalue weighted by atomic mass is 127. The van der Waals surface area contributed by atoms with Crippen molar-refractivity contribution in [2.45, 2.75) is 18.9 Å². The molecule has 0 bridgehead atoms. The van der Waals surface area contributed by atoms with E-state index in [1.54, 1.807) is 15.2 Å². The number of halogens is 1. The first kappa shape index (κ1) is 10.4. The van der Waals surface area contributed by atoms with Crippen LogP contribution in [0, 0.1) is 0 Å². The number of nitrogens with one attached hydrogen (secondary N) is 2. The average Bonchev–Trinajstić information content (AvgIpc) is 2.56. The Labute approximate surface area is 99.9 Å². The Bertz CT molecular complexity index is 403. The van der Waals surface area contributed by atoms with Crippen molar-refractivity contribution < 1.29 is 9.59 Å². The van der Waals surface area contributed by atoms with Crippen LogP contribution in [0.4, 0.5) is 5.82 Å². The highest BCUT2D eigenvalue weighted by molar-refractivity contribution is 14.1. The smallest absolute Gasteiger partial charge is 0.249 e. The number of nitrogens with zero attached hydrogens (tertiary/aromatic N) is 2. The van der Waals surface area contributed by atoms with Gasteiger partial charge in [0.25, 0.3) is 0 Å². The van der Waals surface area contributed by atoms with E-state index in [0.29, 0.717) is 18.7 Å². The van der Waals surface area contributed by atoms with Gasteiger partial charge in [-0.05, 0) is 6.42 Å². The maximum Gasteiger partial charge on any atom is 0.249 e. The van der Waals surface area contributed by atoms with Gasteiger partial charge < -0.3 is 5.32 Å². The van der Waals surface area contributed by atoms with E-state index in [-0.39, 0.29) is 17.9 Å². The number of amides is 2. The Hall–Kier alpha value is -1.12. The SMILES string of the molecule is O=C1CCC(Nc2ccn(I)n2)C(=O)N1. The van der Waals surface area contributed by atoms with Crippen LogP contribution in [0.5, 0.6) is 0 Å². The van der Waals surface area contributed by atoms with Crippen LogP contribution in [0.2, 0.25) is 0 Å². The summed E-state index contributed by atoms with van der Waals surface area (Å²) in [7, 11) is 0. The summed E-state index contributed by atoms with van der Waals surface area (Å²) in [4.78, 5) is 22.3. The Balaban J connectivity index is 2.00. The lowest BCUT2D eigenvalue weighted by Gasteiger charge is -2.21. The first-order valence-electron chi connectivity index (χ1n) is 4.47. The number of piperidine rings is 1. The maximum absolute atomic E-state index is 11.4. The summed E-state index contributed by atoms with van der Waals surface area (Å²) in [6.07, 6.45) is 2.65. The highest BCUT2D eigenvalue weighted by Crippen LogP contribution is 2.12. The van der Waals surface area contributed by atoms with Crippen molar-refractivity contribution in [2.75, 3.05) is 5.32 Å². The van der Waals surface area contributed by atoms with Crippen molar-refractivity contribution in [2.24, 2.45) is 0 Å². The van der Waals surface area contributed by atoms with E-state index in [9.17, 15) is 9.59 Å². The van der Waals surface area contributed by atoms with Crippen LogP contribution in [0.3, 0.4) is 0 Å². The molecule has 0 aliphatic carbocycles. The third-order valence-corrected chi connectivity index (χ3v) is 2.66. The number of carbonyl (C=O) groups is 2. The first-order valence-corrected chi connectivity index (χ1v) is 5.44. The van der Waals surface area contributed by atoms with Crippen LogP contribution in [0.1, 0.15) is 12.8 Å². The monoisotopic (exact) mass is 320 g/mol. The summed E-state index contributed by atoms with van der Waals surface area (Å²) in [6, 6.07) is 1.41. The lowest BCUT2D eigenvalue weighted by molar-refractivity contribution is -0.133. The van der Waals surface area contributed by atoms with Gasteiger partial charge in [-0.2, -0.15) is 0 Å². The molecule has 2 rings (SSSR count). The molecule has 1 unspecified atom stereocenters. The number of aromatic nitrogens is 2. The largest absolute Gasteiger partial charge is 0.357 e. The predicted molar refractivity (Wildman–Crippen MR) is 61.4 cm³/mol. The van der Waals surface area contributed by atoms with Gasteiger partial charge in [0, 0.05) is 18.7 Å². The molecule has 2 amide bonds. The zero-order valence-corrected chi connectivity index (χ0v) is 9.89. The predicted octanol–water partition coefficient (Wildman–Crippen LogP) is 0.298. The molecule has 1 atom stereocenters. The van der Waals surface area contributed by atoms with E-state index in [0.717, 1.165) is 0 Å². The molecule has 0 saturated carbocycles. The van der Waals surface area contributed by atoms with Gasteiger partial charge in [0.2, 0.25) is 11.8 Å². The molecular weight excluding hydrogens is 311 g/mol. The average molecular weight is 320 g/mol. The van der Waals surface area contributed by atoms with Crippen molar-refractivity contribution in [3.8, 4) is 0 Å². The Morgan fingerprint density at radius 2 is 2.40 bits per heavy atom. The molecule has 0 spiro atoms. The van der Waals surface area contributed by atoms with Gasteiger partial charge in [0.05, 0.1) is 22.9 Å². The minimum atomic E-state index is -0.367. The Kier molecular flexibility index (Phi) is 2.89. The molecule has 1 aliphatic rings. The number of hydrogen-bond acceptors (Lipinski definition) is 4. The van der Waals surface area contributed by atoms with Gasteiger partial charge in [0.1, 0.15) is 11.9 Å². The fourth-order valence-corrected chi connectivity index (χ4v) is 1.78. The molecule has 1 saturated heterocycles. The number of rotatable bonds is 2. The number of imide groups is 1. The zero-order chi connectivity index (χ0) is 10.8. The number of anilines is 1. The molecule has 2 heterocycles. The molecule has 1 aromatic rings. The third-order valence-electron chi connectivity index (χ3n) is 2.12. The maximum atomic E-state index is 11.4. The highest BCUT2D eigenvalue weighted by Gasteiger charge is 2.26. The molecule has 0 radical (unpaired) electrons. The molecule has 1 aromatic heterocycles. The second kappa shape index (κ2) is 4.17. The van der Waals surface area contributed by atoms with E-state index in [1.807, 2.05) is 22.9 Å². The molecule has 15 heavy (non-hydrogen) atoms. The van der Waals surface area contributed by atoms with Crippen LogP contribution >= 0.6 is 22.9 Å². The van der Waals surface area contributed by atoms with Crippen LogP contribution in [0.15, 0.2) is 12.3 Å². The van der Waals surface area contributed by atoms with E-state index in [2.05, 4.69) is 15.7 Å². The topological polar surface area (TPSA) is 76.0 Å². The molecule has 7 heteroatoms. The summed E-state index contributed by atoms with van der Waals surface area (Å²) in [5, 5.41) is 9.34. The van der Waals surface area contributed by atoms with Crippen LogP contribution in [-0.4, -0.2) is 25.9 Å². The van der Waals surface area contributed by atoms with Crippen molar-refractivity contribution in [1.29, 1.82) is 0 Å².